The summed E-state index contributed by atoms with van der Waals surface area (Å²) in [5.74, 6) is 1.07. The fourth-order valence-electron chi connectivity index (χ4n) is 1.65. The van der Waals surface area contributed by atoms with Crippen molar-refractivity contribution in [1.82, 2.24) is 0 Å². The maximum absolute atomic E-state index is 11.6. The molecule has 0 saturated heterocycles. The molecule has 1 aromatic rings. The summed E-state index contributed by atoms with van der Waals surface area (Å²) in [6.45, 7) is 4.95. The first-order valence-corrected chi connectivity index (χ1v) is 6.54. The lowest BCUT2D eigenvalue weighted by molar-refractivity contribution is 0.0981. The molecule has 0 heterocycles. The van der Waals surface area contributed by atoms with Crippen LogP contribution in [-0.4, -0.2) is 12.4 Å². The Bertz CT molecular complexity index is 327. The van der Waals surface area contributed by atoms with E-state index in [4.69, 9.17) is 4.74 Å². The van der Waals surface area contributed by atoms with Gasteiger partial charge in [0, 0.05) is 12.0 Å². The number of rotatable bonds is 8. The zero-order valence-corrected chi connectivity index (χ0v) is 10.9. The molecule has 1 rings (SSSR count). The Kier molecular flexibility index (Phi) is 6.38. The van der Waals surface area contributed by atoms with Crippen LogP contribution >= 0.6 is 0 Å². The van der Waals surface area contributed by atoms with Crippen LogP contribution in [0.5, 0.6) is 5.75 Å². The summed E-state index contributed by atoms with van der Waals surface area (Å²) < 4.78 is 5.59. The van der Waals surface area contributed by atoms with Crippen molar-refractivity contribution in [3.8, 4) is 5.75 Å². The first-order valence-electron chi connectivity index (χ1n) is 6.54. The third-order valence-corrected chi connectivity index (χ3v) is 2.67. The highest BCUT2D eigenvalue weighted by atomic mass is 16.5. The molecule has 0 fully saturated rings. The summed E-state index contributed by atoms with van der Waals surface area (Å²) in [7, 11) is 0. The number of hydrogen-bond donors (Lipinski definition) is 0. The average molecular weight is 234 g/mol. The first-order chi connectivity index (χ1) is 8.27. The van der Waals surface area contributed by atoms with E-state index < -0.39 is 0 Å². The lowest BCUT2D eigenvalue weighted by Gasteiger charge is -2.06. The molecule has 0 N–H and O–H groups in total. The van der Waals surface area contributed by atoms with Gasteiger partial charge in [-0.3, -0.25) is 4.79 Å². The zero-order valence-electron chi connectivity index (χ0n) is 10.9. The SMILES string of the molecule is CCCCCOc1ccc(C(=O)CCC)cc1. The number of ketones is 1. The van der Waals surface area contributed by atoms with E-state index in [0.29, 0.717) is 6.42 Å². The number of benzene rings is 1. The lowest BCUT2D eigenvalue weighted by Crippen LogP contribution is -2.00. The predicted molar refractivity (Wildman–Crippen MR) is 70.7 cm³/mol. The second-order valence-corrected chi connectivity index (χ2v) is 4.25. The third kappa shape index (κ3) is 5.03. The van der Waals surface area contributed by atoms with E-state index in [1.807, 2.05) is 31.2 Å². The van der Waals surface area contributed by atoms with E-state index in [9.17, 15) is 4.79 Å². The van der Waals surface area contributed by atoms with Crippen LogP contribution in [0.1, 0.15) is 56.3 Å². The van der Waals surface area contributed by atoms with E-state index >= 15 is 0 Å². The molecule has 17 heavy (non-hydrogen) atoms. The van der Waals surface area contributed by atoms with Gasteiger partial charge in [-0.25, -0.2) is 0 Å². The van der Waals surface area contributed by atoms with Crippen molar-refractivity contribution >= 4 is 5.78 Å². The number of carbonyl (C=O) groups is 1. The van der Waals surface area contributed by atoms with Crippen molar-refractivity contribution in [2.45, 2.75) is 46.0 Å². The Hall–Kier alpha value is -1.31. The molecule has 2 heteroatoms. The standard InChI is InChI=1S/C15H22O2/c1-3-5-6-12-17-14-10-8-13(9-11-14)15(16)7-4-2/h8-11H,3-7,12H2,1-2H3. The van der Waals surface area contributed by atoms with Gasteiger partial charge in [0.05, 0.1) is 6.61 Å². The molecule has 0 atom stereocenters. The van der Waals surface area contributed by atoms with E-state index in [0.717, 1.165) is 30.8 Å². The van der Waals surface area contributed by atoms with E-state index in [-0.39, 0.29) is 5.78 Å². The average Bonchev–Trinajstić information content (AvgIpc) is 2.36. The maximum atomic E-state index is 11.6. The summed E-state index contributed by atoms with van der Waals surface area (Å²) in [6.07, 6.45) is 5.01. The summed E-state index contributed by atoms with van der Waals surface area (Å²) in [5.41, 5.74) is 0.785. The van der Waals surface area contributed by atoms with Crippen molar-refractivity contribution < 1.29 is 9.53 Å². The van der Waals surface area contributed by atoms with Gasteiger partial charge in [0.25, 0.3) is 0 Å². The first kappa shape index (κ1) is 13.8. The largest absolute Gasteiger partial charge is 0.494 e. The molecular weight excluding hydrogens is 212 g/mol. The van der Waals surface area contributed by atoms with Crippen molar-refractivity contribution in [3.63, 3.8) is 0 Å². The molecule has 0 radical (unpaired) electrons. The summed E-state index contributed by atoms with van der Waals surface area (Å²) in [6, 6.07) is 7.48. The van der Waals surface area contributed by atoms with Crippen LogP contribution in [0.2, 0.25) is 0 Å². The quantitative estimate of drug-likeness (QED) is 0.497. The zero-order chi connectivity index (χ0) is 12.5. The molecule has 0 unspecified atom stereocenters. The Morgan fingerprint density at radius 1 is 1.06 bits per heavy atom. The smallest absolute Gasteiger partial charge is 0.162 e. The molecule has 2 nitrogen and oxygen atoms in total. The van der Waals surface area contributed by atoms with Crippen LogP contribution in [0.4, 0.5) is 0 Å². The van der Waals surface area contributed by atoms with Gasteiger partial charge in [-0.2, -0.15) is 0 Å². The van der Waals surface area contributed by atoms with Crippen molar-refractivity contribution in [3.05, 3.63) is 29.8 Å². The van der Waals surface area contributed by atoms with Crippen molar-refractivity contribution in [2.75, 3.05) is 6.61 Å². The second-order valence-electron chi connectivity index (χ2n) is 4.25. The highest BCUT2D eigenvalue weighted by Crippen LogP contribution is 2.14. The minimum atomic E-state index is 0.213. The van der Waals surface area contributed by atoms with E-state index in [1.165, 1.54) is 12.8 Å². The van der Waals surface area contributed by atoms with Gasteiger partial charge in [-0.15, -0.1) is 0 Å². The van der Waals surface area contributed by atoms with Gasteiger partial charge in [0.1, 0.15) is 5.75 Å². The van der Waals surface area contributed by atoms with Crippen LogP contribution in [0.25, 0.3) is 0 Å². The molecular formula is C15H22O2. The van der Waals surface area contributed by atoms with Gasteiger partial charge >= 0.3 is 0 Å². The Morgan fingerprint density at radius 2 is 1.76 bits per heavy atom. The molecule has 0 bridgehead atoms. The molecule has 1 aromatic carbocycles. The van der Waals surface area contributed by atoms with Crippen LogP contribution in [0, 0.1) is 0 Å². The van der Waals surface area contributed by atoms with Crippen LogP contribution in [-0.2, 0) is 0 Å². The molecule has 0 amide bonds. The Balaban J connectivity index is 2.42. The molecule has 0 aliphatic heterocycles. The van der Waals surface area contributed by atoms with Gasteiger partial charge in [-0.05, 0) is 37.1 Å². The predicted octanol–water partition coefficient (Wildman–Crippen LogP) is 4.24. The topological polar surface area (TPSA) is 26.3 Å². The van der Waals surface area contributed by atoms with Crippen LogP contribution in [0.3, 0.4) is 0 Å². The minimum Gasteiger partial charge on any atom is -0.494 e. The molecule has 0 saturated carbocycles. The van der Waals surface area contributed by atoms with Gasteiger partial charge in [0.15, 0.2) is 5.78 Å². The number of hydrogen-bond acceptors (Lipinski definition) is 2. The molecule has 94 valence electrons. The summed E-state index contributed by atoms with van der Waals surface area (Å²) >= 11 is 0. The van der Waals surface area contributed by atoms with E-state index in [2.05, 4.69) is 6.92 Å². The summed E-state index contributed by atoms with van der Waals surface area (Å²) in [5, 5.41) is 0. The second kappa shape index (κ2) is 7.88. The summed E-state index contributed by atoms with van der Waals surface area (Å²) in [4.78, 5) is 11.6. The van der Waals surface area contributed by atoms with E-state index in [1.54, 1.807) is 0 Å². The minimum absolute atomic E-state index is 0.213. The number of Topliss-reactive ketones (excluding diaryl/α,β-unsaturated/α-hetero) is 1. The fourth-order valence-corrected chi connectivity index (χ4v) is 1.65. The van der Waals surface area contributed by atoms with Crippen LogP contribution < -0.4 is 4.74 Å². The van der Waals surface area contributed by atoms with Crippen LogP contribution in [0.15, 0.2) is 24.3 Å². The molecule has 0 aliphatic carbocycles. The normalized spacial score (nSPS) is 10.2. The maximum Gasteiger partial charge on any atom is 0.162 e. The van der Waals surface area contributed by atoms with Gasteiger partial charge < -0.3 is 4.74 Å². The van der Waals surface area contributed by atoms with Crippen molar-refractivity contribution in [1.29, 1.82) is 0 Å². The number of carbonyl (C=O) groups excluding carboxylic acids is 1. The number of ether oxygens (including phenoxy) is 1. The van der Waals surface area contributed by atoms with Gasteiger partial charge in [-0.1, -0.05) is 26.7 Å². The Morgan fingerprint density at radius 3 is 2.35 bits per heavy atom. The van der Waals surface area contributed by atoms with Gasteiger partial charge in [0.2, 0.25) is 0 Å². The highest BCUT2D eigenvalue weighted by Gasteiger charge is 2.04. The number of unbranched alkanes of at least 4 members (excludes halogenated alkanes) is 2. The third-order valence-electron chi connectivity index (χ3n) is 2.67. The molecule has 0 aliphatic rings. The lowest BCUT2D eigenvalue weighted by atomic mass is 10.1. The van der Waals surface area contributed by atoms with Crippen molar-refractivity contribution in [2.24, 2.45) is 0 Å². The monoisotopic (exact) mass is 234 g/mol. The molecule has 0 aromatic heterocycles. The fraction of sp³-hybridized carbons (Fsp3) is 0.533. The highest BCUT2D eigenvalue weighted by molar-refractivity contribution is 5.96. The Labute approximate surface area is 104 Å². The molecule has 0 spiro atoms.